The van der Waals surface area contributed by atoms with Crippen molar-refractivity contribution in [2.24, 2.45) is 17.8 Å². The van der Waals surface area contributed by atoms with Crippen LogP contribution in [0.5, 0.6) is 0 Å². The summed E-state index contributed by atoms with van der Waals surface area (Å²) in [4.78, 5) is 2.41. The van der Waals surface area contributed by atoms with Crippen LogP contribution in [-0.2, 0) is 6.54 Å². The first-order chi connectivity index (χ1) is 9.35. The van der Waals surface area contributed by atoms with E-state index in [1.54, 1.807) is 0 Å². The SMILES string of the molecule is OCCN(Cc1ccccc1)C[C@@H]1C[C@H]2C=C[C@@H]1C2. The number of hydrogen-bond acceptors (Lipinski definition) is 2. The Kier molecular flexibility index (Phi) is 4.00. The fourth-order valence-electron chi connectivity index (χ4n) is 3.65. The minimum Gasteiger partial charge on any atom is -0.395 e. The minimum atomic E-state index is 0.253. The monoisotopic (exact) mass is 257 g/mol. The molecular weight excluding hydrogens is 234 g/mol. The van der Waals surface area contributed by atoms with Gasteiger partial charge in [-0.25, -0.2) is 0 Å². The molecule has 0 radical (unpaired) electrons. The maximum atomic E-state index is 9.26. The van der Waals surface area contributed by atoms with Crippen LogP contribution < -0.4 is 0 Å². The average Bonchev–Trinajstić information content (AvgIpc) is 3.02. The lowest BCUT2D eigenvalue weighted by Gasteiger charge is -2.28. The normalized spacial score (nSPS) is 28.4. The Morgan fingerprint density at radius 1 is 1.11 bits per heavy atom. The first-order valence-corrected chi connectivity index (χ1v) is 7.40. The molecule has 0 heterocycles. The summed E-state index contributed by atoms with van der Waals surface area (Å²) in [6.45, 7) is 3.12. The summed E-state index contributed by atoms with van der Waals surface area (Å²) in [5.74, 6) is 2.43. The molecule has 2 heteroatoms. The number of aliphatic hydroxyl groups excluding tert-OH is 1. The van der Waals surface area contributed by atoms with E-state index in [4.69, 9.17) is 0 Å². The summed E-state index contributed by atoms with van der Waals surface area (Å²) in [6, 6.07) is 10.6. The molecule has 0 unspecified atom stereocenters. The lowest BCUT2D eigenvalue weighted by Crippen LogP contribution is -2.33. The van der Waals surface area contributed by atoms with Crippen molar-refractivity contribution in [3.05, 3.63) is 48.0 Å². The van der Waals surface area contributed by atoms with Crippen molar-refractivity contribution in [1.29, 1.82) is 0 Å². The van der Waals surface area contributed by atoms with Gasteiger partial charge in [-0.05, 0) is 36.2 Å². The summed E-state index contributed by atoms with van der Waals surface area (Å²) in [5, 5.41) is 9.26. The van der Waals surface area contributed by atoms with Crippen LogP contribution >= 0.6 is 0 Å². The summed E-state index contributed by atoms with van der Waals surface area (Å²) < 4.78 is 0. The second-order valence-corrected chi connectivity index (χ2v) is 5.98. The van der Waals surface area contributed by atoms with Crippen molar-refractivity contribution in [2.75, 3.05) is 19.7 Å². The Hall–Kier alpha value is -1.12. The van der Waals surface area contributed by atoms with E-state index in [-0.39, 0.29) is 6.61 Å². The molecule has 1 fully saturated rings. The van der Waals surface area contributed by atoms with E-state index in [0.717, 1.165) is 37.4 Å². The van der Waals surface area contributed by atoms with E-state index in [1.165, 1.54) is 18.4 Å². The molecule has 0 saturated heterocycles. The topological polar surface area (TPSA) is 23.5 Å². The zero-order valence-electron chi connectivity index (χ0n) is 11.4. The van der Waals surface area contributed by atoms with Crippen molar-refractivity contribution >= 4 is 0 Å². The van der Waals surface area contributed by atoms with Crippen LogP contribution in [0.25, 0.3) is 0 Å². The van der Waals surface area contributed by atoms with Gasteiger partial charge >= 0.3 is 0 Å². The van der Waals surface area contributed by atoms with Crippen LogP contribution in [0.4, 0.5) is 0 Å². The Morgan fingerprint density at radius 2 is 1.95 bits per heavy atom. The fraction of sp³-hybridized carbons (Fsp3) is 0.529. The molecule has 3 atom stereocenters. The molecule has 102 valence electrons. The molecule has 2 aliphatic rings. The zero-order chi connectivity index (χ0) is 13.1. The second-order valence-electron chi connectivity index (χ2n) is 5.98. The molecule has 0 amide bonds. The number of rotatable bonds is 6. The zero-order valence-corrected chi connectivity index (χ0v) is 11.4. The Bertz CT molecular complexity index is 428. The van der Waals surface area contributed by atoms with Gasteiger partial charge in [-0.3, -0.25) is 4.90 Å². The van der Waals surface area contributed by atoms with Crippen LogP contribution in [0.2, 0.25) is 0 Å². The molecule has 1 saturated carbocycles. The van der Waals surface area contributed by atoms with Crippen LogP contribution in [0.3, 0.4) is 0 Å². The van der Waals surface area contributed by atoms with E-state index in [0.29, 0.717) is 0 Å². The van der Waals surface area contributed by atoms with E-state index in [2.05, 4.69) is 47.4 Å². The van der Waals surface area contributed by atoms with Gasteiger partial charge < -0.3 is 5.11 Å². The summed E-state index contributed by atoms with van der Waals surface area (Å²) in [5.41, 5.74) is 1.34. The lowest BCUT2D eigenvalue weighted by molar-refractivity contribution is 0.161. The number of aliphatic hydroxyl groups is 1. The summed E-state index contributed by atoms with van der Waals surface area (Å²) in [6.07, 6.45) is 7.52. The third-order valence-electron chi connectivity index (χ3n) is 4.57. The predicted molar refractivity (Wildman–Crippen MR) is 77.6 cm³/mol. The van der Waals surface area contributed by atoms with Crippen LogP contribution in [0.15, 0.2) is 42.5 Å². The molecule has 1 aromatic carbocycles. The van der Waals surface area contributed by atoms with Gasteiger partial charge in [-0.1, -0.05) is 42.5 Å². The lowest BCUT2D eigenvalue weighted by atomic mass is 9.93. The van der Waals surface area contributed by atoms with Crippen LogP contribution in [0, 0.1) is 17.8 Å². The highest BCUT2D eigenvalue weighted by atomic mass is 16.3. The van der Waals surface area contributed by atoms with Gasteiger partial charge in [0.15, 0.2) is 0 Å². The molecule has 0 aliphatic heterocycles. The third kappa shape index (κ3) is 3.07. The van der Waals surface area contributed by atoms with Crippen LogP contribution in [-0.4, -0.2) is 29.7 Å². The first kappa shape index (κ1) is 12.9. The van der Waals surface area contributed by atoms with Gasteiger partial charge in [0, 0.05) is 19.6 Å². The Labute approximate surface area is 115 Å². The quantitative estimate of drug-likeness (QED) is 0.792. The molecule has 0 spiro atoms. The molecule has 2 nitrogen and oxygen atoms in total. The van der Waals surface area contributed by atoms with E-state index >= 15 is 0 Å². The highest BCUT2D eigenvalue weighted by Gasteiger charge is 2.36. The molecular formula is C17H23NO. The van der Waals surface area contributed by atoms with Crippen molar-refractivity contribution in [3.63, 3.8) is 0 Å². The number of allylic oxidation sites excluding steroid dienone is 2. The molecule has 2 bridgehead atoms. The molecule has 1 aromatic rings. The largest absolute Gasteiger partial charge is 0.395 e. The Balaban J connectivity index is 1.60. The van der Waals surface area contributed by atoms with Crippen molar-refractivity contribution in [1.82, 2.24) is 4.90 Å². The molecule has 19 heavy (non-hydrogen) atoms. The van der Waals surface area contributed by atoms with Crippen molar-refractivity contribution < 1.29 is 5.11 Å². The maximum Gasteiger partial charge on any atom is 0.0558 e. The smallest absolute Gasteiger partial charge is 0.0558 e. The first-order valence-electron chi connectivity index (χ1n) is 7.40. The minimum absolute atomic E-state index is 0.253. The number of fused-ring (bicyclic) bond motifs is 2. The van der Waals surface area contributed by atoms with Gasteiger partial charge in [-0.15, -0.1) is 0 Å². The van der Waals surface area contributed by atoms with Gasteiger partial charge in [-0.2, -0.15) is 0 Å². The van der Waals surface area contributed by atoms with E-state index in [9.17, 15) is 5.11 Å². The summed E-state index contributed by atoms with van der Waals surface area (Å²) in [7, 11) is 0. The van der Waals surface area contributed by atoms with Gasteiger partial charge in [0.05, 0.1) is 6.61 Å². The van der Waals surface area contributed by atoms with Crippen LogP contribution in [0.1, 0.15) is 18.4 Å². The molecule has 1 N–H and O–H groups in total. The average molecular weight is 257 g/mol. The standard InChI is InChI=1S/C17H23NO/c19-9-8-18(12-14-4-2-1-3-5-14)13-17-11-15-6-7-16(17)10-15/h1-7,15-17,19H,8-13H2/t15-,16+,17-/m0/s1. The van der Waals surface area contributed by atoms with Crippen molar-refractivity contribution in [3.8, 4) is 0 Å². The highest BCUT2D eigenvalue weighted by Crippen LogP contribution is 2.43. The second kappa shape index (κ2) is 5.89. The maximum absolute atomic E-state index is 9.26. The van der Waals surface area contributed by atoms with E-state index < -0.39 is 0 Å². The predicted octanol–water partition coefficient (Wildman–Crippen LogP) is 2.69. The number of benzene rings is 1. The molecule has 3 rings (SSSR count). The fourth-order valence-corrected chi connectivity index (χ4v) is 3.65. The third-order valence-corrected chi connectivity index (χ3v) is 4.57. The molecule has 0 aromatic heterocycles. The van der Waals surface area contributed by atoms with Gasteiger partial charge in [0.2, 0.25) is 0 Å². The highest BCUT2D eigenvalue weighted by molar-refractivity contribution is 5.15. The van der Waals surface area contributed by atoms with Crippen molar-refractivity contribution in [2.45, 2.75) is 19.4 Å². The Morgan fingerprint density at radius 3 is 2.58 bits per heavy atom. The molecule has 2 aliphatic carbocycles. The summed E-state index contributed by atoms with van der Waals surface area (Å²) >= 11 is 0. The number of hydrogen-bond donors (Lipinski definition) is 1. The van der Waals surface area contributed by atoms with E-state index in [1.807, 2.05) is 0 Å². The van der Waals surface area contributed by atoms with Gasteiger partial charge in [0.1, 0.15) is 0 Å². The number of nitrogens with zero attached hydrogens (tertiary/aromatic N) is 1. The van der Waals surface area contributed by atoms with Gasteiger partial charge in [0.25, 0.3) is 0 Å².